The predicted molar refractivity (Wildman–Crippen MR) is 69.2 cm³/mol. The van der Waals surface area contributed by atoms with Crippen molar-refractivity contribution in [1.82, 2.24) is 5.32 Å². The summed E-state index contributed by atoms with van der Waals surface area (Å²) in [5.74, 6) is 0.251. The molecular weight excluding hydrogens is 200 g/mol. The van der Waals surface area contributed by atoms with Gasteiger partial charge < -0.3 is 11.1 Å². The lowest BCUT2D eigenvalue weighted by Crippen LogP contribution is -2.45. The zero-order chi connectivity index (χ0) is 12.8. The van der Waals surface area contributed by atoms with Gasteiger partial charge in [0.2, 0.25) is 5.91 Å². The summed E-state index contributed by atoms with van der Waals surface area (Å²) in [4.78, 5) is 11.9. The molecule has 0 saturated carbocycles. The van der Waals surface area contributed by atoms with Gasteiger partial charge in [-0.15, -0.1) is 0 Å². The maximum absolute atomic E-state index is 11.9. The summed E-state index contributed by atoms with van der Waals surface area (Å²) in [5, 5.41) is 3.07. The Morgan fingerprint density at radius 3 is 2.31 bits per heavy atom. The number of carbonyl (C=O) groups is 1. The topological polar surface area (TPSA) is 55.1 Å². The standard InChI is InChI=1S/C13H28N2O/c1-6-13(4,5)15-12(16)10(2)8-7-9-11(3)14/h10-11H,6-9,14H2,1-5H3,(H,15,16). The van der Waals surface area contributed by atoms with E-state index in [0.717, 1.165) is 25.7 Å². The Labute approximate surface area is 100 Å². The molecule has 0 bridgehead atoms. The third-order valence-corrected chi connectivity index (χ3v) is 3.09. The molecule has 0 aliphatic carbocycles. The fourth-order valence-electron chi connectivity index (χ4n) is 1.42. The van der Waals surface area contributed by atoms with Crippen LogP contribution in [0.15, 0.2) is 0 Å². The summed E-state index contributed by atoms with van der Waals surface area (Å²) in [5.41, 5.74) is 5.59. The van der Waals surface area contributed by atoms with Crippen LogP contribution >= 0.6 is 0 Å². The largest absolute Gasteiger partial charge is 0.351 e. The van der Waals surface area contributed by atoms with Crippen LogP contribution in [0.3, 0.4) is 0 Å². The van der Waals surface area contributed by atoms with Crippen LogP contribution < -0.4 is 11.1 Å². The average Bonchev–Trinajstić information content (AvgIpc) is 2.16. The van der Waals surface area contributed by atoms with E-state index in [0.29, 0.717) is 0 Å². The van der Waals surface area contributed by atoms with Gasteiger partial charge in [0.1, 0.15) is 0 Å². The monoisotopic (exact) mass is 228 g/mol. The van der Waals surface area contributed by atoms with Gasteiger partial charge in [-0.05, 0) is 40.0 Å². The van der Waals surface area contributed by atoms with Crippen molar-refractivity contribution in [1.29, 1.82) is 0 Å². The van der Waals surface area contributed by atoms with Crippen molar-refractivity contribution in [3.63, 3.8) is 0 Å². The van der Waals surface area contributed by atoms with Crippen LogP contribution in [0.25, 0.3) is 0 Å². The van der Waals surface area contributed by atoms with Crippen LogP contribution in [0.1, 0.15) is 60.3 Å². The number of carbonyl (C=O) groups excluding carboxylic acids is 1. The molecule has 0 aliphatic rings. The van der Waals surface area contributed by atoms with Crippen LogP contribution in [0.2, 0.25) is 0 Å². The Balaban J connectivity index is 3.91. The summed E-state index contributed by atoms with van der Waals surface area (Å²) < 4.78 is 0. The van der Waals surface area contributed by atoms with Gasteiger partial charge in [0.15, 0.2) is 0 Å². The number of nitrogens with two attached hydrogens (primary N) is 1. The second kappa shape index (κ2) is 6.89. The summed E-state index contributed by atoms with van der Waals surface area (Å²) >= 11 is 0. The van der Waals surface area contributed by atoms with Crippen molar-refractivity contribution in [3.8, 4) is 0 Å². The van der Waals surface area contributed by atoms with E-state index < -0.39 is 0 Å². The first-order chi connectivity index (χ1) is 7.28. The number of rotatable bonds is 7. The van der Waals surface area contributed by atoms with E-state index in [1.54, 1.807) is 0 Å². The van der Waals surface area contributed by atoms with Gasteiger partial charge in [-0.25, -0.2) is 0 Å². The zero-order valence-corrected chi connectivity index (χ0v) is 11.5. The molecule has 3 N–H and O–H groups in total. The SMILES string of the molecule is CCC(C)(C)NC(=O)C(C)CCCC(C)N. The normalized spacial score (nSPS) is 15.6. The molecule has 16 heavy (non-hydrogen) atoms. The molecule has 1 amide bonds. The predicted octanol–water partition coefficient (Wildman–Crippen LogP) is 2.44. The third-order valence-electron chi connectivity index (χ3n) is 3.09. The van der Waals surface area contributed by atoms with E-state index in [1.165, 1.54) is 0 Å². The van der Waals surface area contributed by atoms with Gasteiger partial charge in [0.05, 0.1) is 0 Å². The Morgan fingerprint density at radius 1 is 1.31 bits per heavy atom. The molecule has 0 aromatic heterocycles. The lowest BCUT2D eigenvalue weighted by Gasteiger charge is -2.26. The second-order valence-corrected chi connectivity index (χ2v) is 5.54. The molecule has 0 rings (SSSR count). The van der Waals surface area contributed by atoms with E-state index in [-0.39, 0.29) is 23.4 Å². The van der Waals surface area contributed by atoms with Crippen molar-refractivity contribution < 1.29 is 4.79 Å². The van der Waals surface area contributed by atoms with Crippen molar-refractivity contribution in [3.05, 3.63) is 0 Å². The Morgan fingerprint density at radius 2 is 1.88 bits per heavy atom. The van der Waals surface area contributed by atoms with E-state index in [9.17, 15) is 4.79 Å². The van der Waals surface area contributed by atoms with Crippen molar-refractivity contribution in [2.75, 3.05) is 0 Å². The zero-order valence-electron chi connectivity index (χ0n) is 11.5. The fraction of sp³-hybridized carbons (Fsp3) is 0.923. The number of amides is 1. The van der Waals surface area contributed by atoms with Gasteiger partial charge in [-0.3, -0.25) is 4.79 Å². The molecule has 96 valence electrons. The Hall–Kier alpha value is -0.570. The second-order valence-electron chi connectivity index (χ2n) is 5.54. The van der Waals surface area contributed by atoms with Gasteiger partial charge in [-0.1, -0.05) is 20.3 Å². The maximum atomic E-state index is 11.9. The van der Waals surface area contributed by atoms with E-state index >= 15 is 0 Å². The maximum Gasteiger partial charge on any atom is 0.223 e. The van der Waals surface area contributed by atoms with Crippen molar-refractivity contribution in [2.24, 2.45) is 11.7 Å². The number of hydrogen-bond donors (Lipinski definition) is 2. The summed E-state index contributed by atoms with van der Waals surface area (Å²) in [6, 6.07) is 0.238. The van der Waals surface area contributed by atoms with Gasteiger partial charge >= 0.3 is 0 Å². The van der Waals surface area contributed by atoms with Crippen LogP contribution in [0.5, 0.6) is 0 Å². The Bertz CT molecular complexity index is 212. The quantitative estimate of drug-likeness (QED) is 0.703. The molecule has 0 saturated heterocycles. The van der Waals surface area contributed by atoms with Gasteiger partial charge in [0.25, 0.3) is 0 Å². The summed E-state index contributed by atoms with van der Waals surface area (Å²) in [6.45, 7) is 10.2. The first-order valence-electron chi connectivity index (χ1n) is 6.36. The molecule has 2 atom stereocenters. The molecule has 0 aliphatic heterocycles. The van der Waals surface area contributed by atoms with E-state index in [2.05, 4.69) is 26.1 Å². The van der Waals surface area contributed by atoms with Crippen LogP contribution in [-0.4, -0.2) is 17.5 Å². The van der Waals surface area contributed by atoms with Crippen LogP contribution in [0.4, 0.5) is 0 Å². The van der Waals surface area contributed by atoms with Crippen molar-refractivity contribution >= 4 is 5.91 Å². The summed E-state index contributed by atoms with van der Waals surface area (Å²) in [6.07, 6.45) is 3.89. The lowest BCUT2D eigenvalue weighted by molar-refractivity contribution is -0.126. The Kier molecular flexibility index (Phi) is 6.65. The van der Waals surface area contributed by atoms with Crippen molar-refractivity contribution in [2.45, 2.75) is 71.9 Å². The van der Waals surface area contributed by atoms with E-state index in [1.807, 2.05) is 13.8 Å². The molecule has 0 aromatic carbocycles. The van der Waals surface area contributed by atoms with E-state index in [4.69, 9.17) is 5.73 Å². The first-order valence-corrected chi connectivity index (χ1v) is 6.36. The minimum Gasteiger partial charge on any atom is -0.351 e. The highest BCUT2D eigenvalue weighted by Gasteiger charge is 2.21. The minimum absolute atomic E-state index is 0.0876. The smallest absolute Gasteiger partial charge is 0.223 e. The molecule has 3 heteroatoms. The molecule has 3 nitrogen and oxygen atoms in total. The highest BCUT2D eigenvalue weighted by Crippen LogP contribution is 2.13. The molecular formula is C13H28N2O. The lowest BCUT2D eigenvalue weighted by atomic mass is 9.97. The number of hydrogen-bond acceptors (Lipinski definition) is 2. The average molecular weight is 228 g/mol. The highest BCUT2D eigenvalue weighted by atomic mass is 16.2. The van der Waals surface area contributed by atoms with Gasteiger partial charge in [-0.2, -0.15) is 0 Å². The molecule has 0 fully saturated rings. The molecule has 0 aromatic rings. The fourth-order valence-corrected chi connectivity index (χ4v) is 1.42. The third kappa shape index (κ3) is 6.83. The first kappa shape index (κ1) is 15.4. The molecule has 0 spiro atoms. The van der Waals surface area contributed by atoms with Gasteiger partial charge in [0, 0.05) is 17.5 Å². The van der Waals surface area contributed by atoms with Crippen LogP contribution in [0, 0.1) is 5.92 Å². The molecule has 0 radical (unpaired) electrons. The highest BCUT2D eigenvalue weighted by molar-refractivity contribution is 5.78. The van der Waals surface area contributed by atoms with Crippen LogP contribution in [-0.2, 0) is 4.79 Å². The minimum atomic E-state index is -0.0908. The molecule has 0 heterocycles. The number of nitrogens with one attached hydrogen (secondary N) is 1. The summed E-state index contributed by atoms with van der Waals surface area (Å²) in [7, 11) is 0. The molecule has 2 unspecified atom stereocenters.